The summed E-state index contributed by atoms with van der Waals surface area (Å²) >= 11 is 0. The van der Waals surface area contributed by atoms with E-state index in [0.717, 1.165) is 64.2 Å². The Kier molecular flexibility index (Phi) is 10.7. The third-order valence-corrected chi connectivity index (χ3v) is 11.6. The normalized spacial score (nSPS) is 31.5. The molecule has 3 heteroatoms. The van der Waals surface area contributed by atoms with Crippen molar-refractivity contribution in [3.63, 3.8) is 0 Å². The largest absolute Gasteiger partial charge is 0.508 e. The molecule has 0 unspecified atom stereocenters. The summed E-state index contributed by atoms with van der Waals surface area (Å²) in [6.45, 7) is 4.19. The number of rotatable bonds is 4. The Bertz CT molecular complexity index is 1280. The second kappa shape index (κ2) is 13.8. The highest BCUT2D eigenvalue weighted by Crippen LogP contribution is 2.59. The van der Waals surface area contributed by atoms with Gasteiger partial charge in [-0.1, -0.05) is 46.0 Å². The van der Waals surface area contributed by atoms with E-state index < -0.39 is 0 Å². The number of phenolic OH excluding ortho intramolecular Hbond substituents is 1. The van der Waals surface area contributed by atoms with E-state index in [-0.39, 0.29) is 22.3 Å². The molecule has 10 rings (SSSR count). The van der Waals surface area contributed by atoms with Crippen LogP contribution < -0.4 is 0 Å². The molecule has 0 aliphatic heterocycles. The smallest absolute Gasteiger partial charge is 0.125 e. The molecular formula is C41H60O3. The first-order valence-electron chi connectivity index (χ1n) is 16.3. The van der Waals surface area contributed by atoms with Crippen molar-refractivity contribution in [1.82, 2.24) is 0 Å². The van der Waals surface area contributed by atoms with Crippen LogP contribution in [0, 0.1) is 61.2 Å². The average molecular weight is 601 g/mol. The van der Waals surface area contributed by atoms with E-state index in [1.807, 2.05) is 20.1 Å². The van der Waals surface area contributed by atoms with Gasteiger partial charge >= 0.3 is 0 Å². The summed E-state index contributed by atoms with van der Waals surface area (Å²) < 4.78 is 11.7. The number of ether oxygens (including phenoxy) is 2. The number of aromatic hydroxyl groups is 1. The topological polar surface area (TPSA) is 38.7 Å². The molecule has 0 saturated heterocycles. The lowest BCUT2D eigenvalue weighted by molar-refractivity contribution is 0.0674. The van der Waals surface area contributed by atoms with Gasteiger partial charge in [0.2, 0.25) is 0 Å². The van der Waals surface area contributed by atoms with Gasteiger partial charge in [-0.25, -0.2) is 0 Å². The Labute approximate surface area is 269 Å². The molecule has 2 aromatic carbocycles. The lowest BCUT2D eigenvalue weighted by Crippen LogP contribution is -2.40. The molecule has 0 amide bonds. The van der Waals surface area contributed by atoms with E-state index in [1.54, 1.807) is 24.3 Å². The molecule has 242 valence electrons. The maximum absolute atomic E-state index is 9.91. The third kappa shape index (κ3) is 6.35. The van der Waals surface area contributed by atoms with Gasteiger partial charge in [0.05, 0.1) is 14.2 Å². The van der Waals surface area contributed by atoms with Gasteiger partial charge in [0.15, 0.2) is 0 Å². The fraction of sp³-hybridized carbons (Fsp3) is 0.610. The Hall–Kier alpha value is -2.68. The molecule has 0 aromatic heterocycles. The molecular weight excluding hydrogens is 540 g/mol. The second-order valence-corrected chi connectivity index (χ2v) is 14.5. The van der Waals surface area contributed by atoms with Gasteiger partial charge < -0.3 is 14.6 Å². The minimum absolute atomic E-state index is 0. The quantitative estimate of drug-likeness (QED) is 0.355. The van der Waals surface area contributed by atoms with Crippen molar-refractivity contribution >= 4 is 11.5 Å². The van der Waals surface area contributed by atoms with Crippen LogP contribution in [0.25, 0.3) is 11.5 Å². The van der Waals surface area contributed by atoms with Crippen LogP contribution in [0.15, 0.2) is 53.6 Å². The van der Waals surface area contributed by atoms with Gasteiger partial charge in [-0.05, 0) is 166 Å². The highest BCUT2D eigenvalue weighted by atomic mass is 16.5. The van der Waals surface area contributed by atoms with Crippen LogP contribution in [0.4, 0.5) is 0 Å². The highest BCUT2D eigenvalue weighted by molar-refractivity contribution is 5.67. The summed E-state index contributed by atoms with van der Waals surface area (Å²) in [7, 11) is 3.64. The molecule has 0 spiro atoms. The zero-order chi connectivity index (χ0) is 28.2. The van der Waals surface area contributed by atoms with Crippen LogP contribution in [0.1, 0.15) is 109 Å². The number of benzene rings is 2. The summed E-state index contributed by atoms with van der Waals surface area (Å²) in [5, 5.41) is 9.91. The summed E-state index contributed by atoms with van der Waals surface area (Å²) in [4.78, 5) is 0. The lowest BCUT2D eigenvalue weighted by Gasteiger charge is -2.51. The molecule has 3 nitrogen and oxygen atoms in total. The van der Waals surface area contributed by atoms with E-state index in [1.165, 1.54) is 81.1 Å². The molecule has 2 aromatic rings. The first-order valence-corrected chi connectivity index (χ1v) is 16.3. The molecule has 1 N–H and O–H groups in total. The molecule has 8 bridgehead atoms. The van der Waals surface area contributed by atoms with Gasteiger partial charge in [0.25, 0.3) is 0 Å². The average Bonchev–Trinajstić information content (AvgIpc) is 2.92. The highest BCUT2D eigenvalue weighted by Gasteiger charge is 2.48. The van der Waals surface area contributed by atoms with Gasteiger partial charge in [-0.2, -0.15) is 0 Å². The molecule has 8 saturated carbocycles. The Morgan fingerprint density at radius 3 is 1.34 bits per heavy atom. The van der Waals surface area contributed by atoms with Crippen LogP contribution in [-0.2, 0) is 9.47 Å². The molecule has 8 fully saturated rings. The maximum Gasteiger partial charge on any atom is 0.125 e. The molecule has 0 heterocycles. The van der Waals surface area contributed by atoms with Crippen LogP contribution in [0.5, 0.6) is 5.75 Å². The zero-order valence-corrected chi connectivity index (χ0v) is 25.5. The number of hydrogen-bond donors (Lipinski definition) is 1. The summed E-state index contributed by atoms with van der Waals surface area (Å²) in [5.41, 5.74) is 7.96. The SMILES string of the molecule is C.C.C.COC(=C1C2CC3CC(C2)CC1C3)c1cc(C)cc(O)c1.COC(=C1C2CC3CC(C2)CC1C3)c1cccc(C)c1. The fourth-order valence-electron chi connectivity index (χ4n) is 10.6. The van der Waals surface area contributed by atoms with Gasteiger partial charge in [-0.15, -0.1) is 0 Å². The van der Waals surface area contributed by atoms with E-state index >= 15 is 0 Å². The Morgan fingerprint density at radius 1 is 0.545 bits per heavy atom. The fourth-order valence-corrected chi connectivity index (χ4v) is 10.6. The maximum atomic E-state index is 9.91. The van der Waals surface area contributed by atoms with Crippen LogP contribution >= 0.6 is 0 Å². The van der Waals surface area contributed by atoms with Crippen molar-refractivity contribution in [3.8, 4) is 5.75 Å². The molecule has 8 aliphatic carbocycles. The number of phenols is 1. The number of hydrogen-bond acceptors (Lipinski definition) is 3. The molecule has 0 radical (unpaired) electrons. The van der Waals surface area contributed by atoms with Crippen molar-refractivity contribution in [3.05, 3.63) is 75.9 Å². The van der Waals surface area contributed by atoms with Crippen LogP contribution in [0.3, 0.4) is 0 Å². The molecule has 0 atom stereocenters. The van der Waals surface area contributed by atoms with Crippen molar-refractivity contribution in [2.75, 3.05) is 14.2 Å². The van der Waals surface area contributed by atoms with Gasteiger partial charge in [-0.3, -0.25) is 0 Å². The molecule has 44 heavy (non-hydrogen) atoms. The molecule has 8 aliphatic rings. The predicted octanol–water partition coefficient (Wildman–Crippen LogP) is 11.2. The van der Waals surface area contributed by atoms with Gasteiger partial charge in [0, 0.05) is 11.1 Å². The first kappa shape index (κ1) is 34.2. The Balaban J connectivity index is 0.000000188. The first-order chi connectivity index (χ1) is 19.9. The van der Waals surface area contributed by atoms with Crippen LogP contribution in [-0.4, -0.2) is 19.3 Å². The minimum Gasteiger partial charge on any atom is -0.508 e. The van der Waals surface area contributed by atoms with Gasteiger partial charge in [0.1, 0.15) is 17.3 Å². The minimum atomic E-state index is 0. The predicted molar refractivity (Wildman–Crippen MR) is 186 cm³/mol. The van der Waals surface area contributed by atoms with E-state index in [4.69, 9.17) is 9.47 Å². The van der Waals surface area contributed by atoms with Crippen molar-refractivity contribution in [2.45, 2.75) is 100 Å². The number of methoxy groups -OCH3 is 2. The monoisotopic (exact) mass is 600 g/mol. The summed E-state index contributed by atoms with van der Waals surface area (Å²) in [6, 6.07) is 14.6. The number of allylic oxidation sites excluding steroid dienone is 2. The van der Waals surface area contributed by atoms with E-state index in [2.05, 4.69) is 37.3 Å². The van der Waals surface area contributed by atoms with E-state index in [0.29, 0.717) is 5.75 Å². The van der Waals surface area contributed by atoms with Crippen LogP contribution in [0.2, 0.25) is 0 Å². The summed E-state index contributed by atoms with van der Waals surface area (Å²) in [5.74, 6) is 9.57. The second-order valence-electron chi connectivity index (χ2n) is 14.5. The van der Waals surface area contributed by atoms with E-state index in [9.17, 15) is 5.11 Å². The third-order valence-electron chi connectivity index (χ3n) is 11.6. The number of aryl methyl sites for hydroxylation is 2. The summed E-state index contributed by atoms with van der Waals surface area (Å²) in [6.07, 6.45) is 14.1. The lowest BCUT2D eigenvalue weighted by atomic mass is 9.54. The van der Waals surface area contributed by atoms with Crippen molar-refractivity contribution < 1.29 is 14.6 Å². The standard InChI is InChI=1S/C19H24O2.C19H24O.3CH4/c1-11-3-16(10-17(20)4-11)19(21-2)18-14-6-12-5-13(8-14)9-15(18)7-12;1-12-4-3-5-15(6-12)19(20-2)18-16-8-13-7-14(10-16)11-17(18)9-13;;;/h3-4,10,12-15,20H,5-9H2,1-2H3;3-6,13-14,16-17H,7-11H2,1-2H3;3*1H4. The van der Waals surface area contributed by atoms with Crippen molar-refractivity contribution in [2.24, 2.45) is 47.3 Å². The van der Waals surface area contributed by atoms with Crippen molar-refractivity contribution in [1.29, 1.82) is 0 Å². The Morgan fingerprint density at radius 2 is 0.955 bits per heavy atom. The zero-order valence-electron chi connectivity index (χ0n) is 25.5.